The van der Waals surface area contributed by atoms with Crippen LogP contribution in [0.1, 0.15) is 10.4 Å². The third-order valence-electron chi connectivity index (χ3n) is 3.00. The van der Waals surface area contributed by atoms with Gasteiger partial charge in [0, 0.05) is 32.7 Å². The number of benzene rings is 1. The summed E-state index contributed by atoms with van der Waals surface area (Å²) in [5, 5.41) is 3.21. The number of hydrogen-bond acceptors (Lipinski definition) is 4. The number of carbonyl (C=O) groups is 1. The van der Waals surface area contributed by atoms with E-state index in [1.165, 1.54) is 0 Å². The lowest BCUT2D eigenvalue weighted by atomic mass is 10.2. The van der Waals surface area contributed by atoms with Gasteiger partial charge in [-0.1, -0.05) is 0 Å². The van der Waals surface area contributed by atoms with E-state index in [2.05, 4.69) is 10.2 Å². The van der Waals surface area contributed by atoms with Crippen molar-refractivity contribution in [3.05, 3.63) is 35.4 Å². The summed E-state index contributed by atoms with van der Waals surface area (Å²) in [5.41, 5.74) is -0.361. The largest absolute Gasteiger partial charge is 0.461 e. The van der Waals surface area contributed by atoms with Gasteiger partial charge in [-0.25, -0.2) is 13.6 Å². The van der Waals surface area contributed by atoms with E-state index in [9.17, 15) is 13.6 Å². The van der Waals surface area contributed by atoms with Gasteiger partial charge in [0.05, 0.1) is 5.56 Å². The second-order valence-corrected chi connectivity index (χ2v) is 4.35. The van der Waals surface area contributed by atoms with Crippen LogP contribution in [0.25, 0.3) is 0 Å². The van der Waals surface area contributed by atoms with Crippen molar-refractivity contribution < 1.29 is 18.3 Å². The molecule has 0 radical (unpaired) electrons. The predicted octanol–water partition coefficient (Wildman–Crippen LogP) is 1.03. The van der Waals surface area contributed by atoms with Gasteiger partial charge >= 0.3 is 5.97 Å². The SMILES string of the molecule is O=C(OCCN1CCNCC1)c1cc(F)ccc1F. The number of piperazine rings is 1. The first-order chi connectivity index (χ1) is 9.16. The average molecular weight is 270 g/mol. The van der Waals surface area contributed by atoms with Crippen LogP contribution in [0.2, 0.25) is 0 Å². The fourth-order valence-corrected chi connectivity index (χ4v) is 1.93. The number of ether oxygens (including phenoxy) is 1. The fraction of sp³-hybridized carbons (Fsp3) is 0.462. The Labute approximate surface area is 110 Å². The van der Waals surface area contributed by atoms with Crippen molar-refractivity contribution >= 4 is 5.97 Å². The molecule has 0 aliphatic carbocycles. The lowest BCUT2D eigenvalue weighted by molar-refractivity contribution is 0.0450. The Hall–Kier alpha value is -1.53. The highest BCUT2D eigenvalue weighted by molar-refractivity contribution is 5.89. The molecular weight excluding hydrogens is 254 g/mol. The summed E-state index contributed by atoms with van der Waals surface area (Å²) in [4.78, 5) is 13.7. The maximum Gasteiger partial charge on any atom is 0.341 e. The number of nitrogens with zero attached hydrogens (tertiary/aromatic N) is 1. The van der Waals surface area contributed by atoms with Gasteiger partial charge in [-0.15, -0.1) is 0 Å². The van der Waals surface area contributed by atoms with Crippen LogP contribution in [0.5, 0.6) is 0 Å². The fourth-order valence-electron chi connectivity index (χ4n) is 1.93. The number of esters is 1. The third kappa shape index (κ3) is 3.97. The van der Waals surface area contributed by atoms with Crippen LogP contribution in [-0.2, 0) is 4.74 Å². The maximum atomic E-state index is 13.3. The number of nitrogens with one attached hydrogen (secondary N) is 1. The quantitative estimate of drug-likeness (QED) is 0.830. The molecule has 1 N–H and O–H groups in total. The molecule has 1 aliphatic rings. The predicted molar refractivity (Wildman–Crippen MR) is 66.0 cm³/mol. The van der Waals surface area contributed by atoms with Crippen LogP contribution in [0.3, 0.4) is 0 Å². The van der Waals surface area contributed by atoms with Crippen molar-refractivity contribution in [3.8, 4) is 0 Å². The Bertz CT molecular complexity index is 448. The molecule has 0 unspecified atom stereocenters. The number of hydrogen-bond donors (Lipinski definition) is 1. The normalized spacial score (nSPS) is 16.3. The van der Waals surface area contributed by atoms with E-state index in [1.807, 2.05) is 0 Å². The molecule has 0 amide bonds. The van der Waals surface area contributed by atoms with Gasteiger partial charge in [0.15, 0.2) is 0 Å². The Kier molecular flexibility index (Phi) is 4.81. The van der Waals surface area contributed by atoms with Gasteiger partial charge in [-0.05, 0) is 18.2 Å². The van der Waals surface area contributed by atoms with Crippen LogP contribution in [0.15, 0.2) is 18.2 Å². The van der Waals surface area contributed by atoms with E-state index >= 15 is 0 Å². The minimum atomic E-state index is -0.827. The first-order valence-electron chi connectivity index (χ1n) is 6.22. The van der Waals surface area contributed by atoms with Gasteiger partial charge in [0.25, 0.3) is 0 Å². The topological polar surface area (TPSA) is 41.6 Å². The van der Waals surface area contributed by atoms with Crippen molar-refractivity contribution in [1.82, 2.24) is 10.2 Å². The lowest BCUT2D eigenvalue weighted by Gasteiger charge is -2.26. The number of carbonyl (C=O) groups excluding carboxylic acids is 1. The molecule has 4 nitrogen and oxygen atoms in total. The van der Waals surface area contributed by atoms with Crippen LogP contribution >= 0.6 is 0 Å². The van der Waals surface area contributed by atoms with E-state index in [-0.39, 0.29) is 12.2 Å². The minimum absolute atomic E-state index is 0.175. The summed E-state index contributed by atoms with van der Waals surface area (Å²) in [6.07, 6.45) is 0. The van der Waals surface area contributed by atoms with Gasteiger partial charge < -0.3 is 10.1 Å². The Balaban J connectivity index is 1.82. The third-order valence-corrected chi connectivity index (χ3v) is 3.00. The minimum Gasteiger partial charge on any atom is -0.461 e. The molecule has 1 aliphatic heterocycles. The first-order valence-corrected chi connectivity index (χ1v) is 6.22. The lowest BCUT2D eigenvalue weighted by Crippen LogP contribution is -2.44. The average Bonchev–Trinajstić information content (AvgIpc) is 2.42. The highest BCUT2D eigenvalue weighted by Crippen LogP contribution is 2.11. The standard InChI is InChI=1S/C13H16F2N2O2/c14-10-1-2-12(15)11(9-10)13(18)19-8-7-17-5-3-16-4-6-17/h1-2,9,16H,3-8H2. The van der Waals surface area contributed by atoms with Gasteiger partial charge in [0.1, 0.15) is 18.2 Å². The molecule has 0 bridgehead atoms. The van der Waals surface area contributed by atoms with E-state index in [0.29, 0.717) is 6.54 Å². The Morgan fingerprint density at radius 1 is 1.32 bits per heavy atom. The molecule has 6 heteroatoms. The van der Waals surface area contributed by atoms with Gasteiger partial charge in [-0.2, -0.15) is 0 Å². The summed E-state index contributed by atoms with van der Waals surface area (Å²) < 4.78 is 31.2. The summed E-state index contributed by atoms with van der Waals surface area (Å²) in [7, 11) is 0. The van der Waals surface area contributed by atoms with Crippen molar-refractivity contribution in [1.29, 1.82) is 0 Å². The van der Waals surface area contributed by atoms with Crippen LogP contribution < -0.4 is 5.32 Å². The molecule has 19 heavy (non-hydrogen) atoms. The zero-order valence-corrected chi connectivity index (χ0v) is 10.5. The van der Waals surface area contributed by atoms with Crippen LogP contribution in [0.4, 0.5) is 8.78 Å². The molecule has 0 saturated carbocycles. The van der Waals surface area contributed by atoms with Crippen LogP contribution in [0, 0.1) is 11.6 Å². The Morgan fingerprint density at radius 3 is 2.79 bits per heavy atom. The second-order valence-electron chi connectivity index (χ2n) is 4.35. The highest BCUT2D eigenvalue weighted by atomic mass is 19.1. The van der Waals surface area contributed by atoms with Gasteiger partial charge in [-0.3, -0.25) is 4.90 Å². The van der Waals surface area contributed by atoms with E-state index in [1.54, 1.807) is 0 Å². The zero-order chi connectivity index (χ0) is 13.7. The number of rotatable bonds is 4. The van der Waals surface area contributed by atoms with E-state index in [4.69, 9.17) is 4.74 Å². The summed E-state index contributed by atoms with van der Waals surface area (Å²) in [5.74, 6) is -2.25. The molecule has 1 aromatic carbocycles. The molecule has 1 heterocycles. The number of halogens is 2. The smallest absolute Gasteiger partial charge is 0.341 e. The molecule has 1 saturated heterocycles. The molecule has 0 atom stereocenters. The molecule has 1 fully saturated rings. The summed E-state index contributed by atoms with van der Waals surface area (Å²) in [6, 6.07) is 2.73. The molecule has 104 valence electrons. The molecular formula is C13H16F2N2O2. The molecule has 0 aromatic heterocycles. The van der Waals surface area contributed by atoms with Crippen molar-refractivity contribution in [2.75, 3.05) is 39.3 Å². The van der Waals surface area contributed by atoms with E-state index in [0.717, 1.165) is 44.4 Å². The maximum absolute atomic E-state index is 13.3. The zero-order valence-electron chi connectivity index (χ0n) is 10.5. The Morgan fingerprint density at radius 2 is 2.05 bits per heavy atom. The second kappa shape index (κ2) is 6.58. The van der Waals surface area contributed by atoms with Gasteiger partial charge in [0.2, 0.25) is 0 Å². The summed E-state index contributed by atoms with van der Waals surface area (Å²) >= 11 is 0. The van der Waals surface area contributed by atoms with Crippen molar-refractivity contribution in [2.45, 2.75) is 0 Å². The summed E-state index contributed by atoms with van der Waals surface area (Å²) in [6.45, 7) is 4.38. The first kappa shape index (κ1) is 13.9. The van der Waals surface area contributed by atoms with Crippen molar-refractivity contribution in [2.24, 2.45) is 0 Å². The molecule has 0 spiro atoms. The highest BCUT2D eigenvalue weighted by Gasteiger charge is 2.15. The van der Waals surface area contributed by atoms with Crippen LogP contribution in [-0.4, -0.2) is 50.2 Å². The van der Waals surface area contributed by atoms with E-state index < -0.39 is 17.6 Å². The molecule has 1 aromatic rings. The molecule has 2 rings (SSSR count). The van der Waals surface area contributed by atoms with Crippen molar-refractivity contribution in [3.63, 3.8) is 0 Å². The monoisotopic (exact) mass is 270 g/mol.